The van der Waals surface area contributed by atoms with E-state index < -0.39 is 0 Å². The van der Waals surface area contributed by atoms with E-state index in [1.807, 2.05) is 53.2 Å². The average molecular weight is 321 g/mol. The minimum atomic E-state index is -0.0135. The van der Waals surface area contributed by atoms with Gasteiger partial charge in [-0.15, -0.1) is 0 Å². The molecule has 0 saturated carbocycles. The lowest BCUT2D eigenvalue weighted by atomic mass is 10.2. The second kappa shape index (κ2) is 6.45. The summed E-state index contributed by atoms with van der Waals surface area (Å²) in [6, 6.07) is 11.6. The number of carbonyl (C=O) groups is 1. The summed E-state index contributed by atoms with van der Waals surface area (Å²) in [5, 5.41) is 0. The normalized spacial score (nSPS) is 17.2. The van der Waals surface area contributed by atoms with E-state index in [1.54, 1.807) is 17.3 Å². The number of hydrogen-bond acceptors (Lipinski definition) is 3. The Morgan fingerprint density at radius 3 is 2.92 bits per heavy atom. The fraction of sp³-hybridized carbons (Fsp3) is 0.263. The molecule has 24 heavy (non-hydrogen) atoms. The van der Waals surface area contributed by atoms with Crippen molar-refractivity contribution >= 4 is 17.1 Å². The van der Waals surface area contributed by atoms with Gasteiger partial charge in [-0.25, -0.2) is 0 Å². The highest BCUT2D eigenvalue weighted by Gasteiger charge is 2.25. The Labute approximate surface area is 140 Å². The molecule has 0 aromatic carbocycles. The van der Waals surface area contributed by atoms with Gasteiger partial charge in [0.2, 0.25) is 0 Å². The fourth-order valence-electron chi connectivity index (χ4n) is 3.15. The van der Waals surface area contributed by atoms with Crippen LogP contribution in [0.25, 0.3) is 5.52 Å². The van der Waals surface area contributed by atoms with Crippen LogP contribution in [0.4, 0.5) is 5.69 Å². The molecule has 4 rings (SSSR count). The van der Waals surface area contributed by atoms with Gasteiger partial charge >= 0.3 is 0 Å². The summed E-state index contributed by atoms with van der Waals surface area (Å²) in [6.45, 7) is 1.34. The predicted molar refractivity (Wildman–Crippen MR) is 92.3 cm³/mol. The largest absolute Gasteiger partial charge is 0.376 e. The SMILES string of the molecule is O=C(c1cc2ccccn2c1)N(C[C@@H]1CCCO1)c1ccncc1. The van der Waals surface area contributed by atoms with Crippen molar-refractivity contribution in [3.05, 3.63) is 66.7 Å². The lowest BCUT2D eigenvalue weighted by molar-refractivity contribution is 0.0917. The van der Waals surface area contributed by atoms with E-state index in [1.165, 1.54) is 0 Å². The molecular formula is C19H19N3O2. The number of aromatic nitrogens is 2. The van der Waals surface area contributed by atoms with Crippen LogP contribution in [0.15, 0.2) is 61.2 Å². The number of fused-ring (bicyclic) bond motifs is 1. The predicted octanol–water partition coefficient (Wildman–Crippen LogP) is 3.16. The summed E-state index contributed by atoms with van der Waals surface area (Å²) in [6.07, 6.45) is 9.39. The lowest BCUT2D eigenvalue weighted by Crippen LogP contribution is -2.37. The number of rotatable bonds is 4. The van der Waals surface area contributed by atoms with Gasteiger partial charge in [-0.1, -0.05) is 6.07 Å². The van der Waals surface area contributed by atoms with Crippen LogP contribution in [0, 0.1) is 0 Å². The molecule has 1 atom stereocenters. The Hall–Kier alpha value is -2.66. The summed E-state index contributed by atoms with van der Waals surface area (Å²) in [7, 11) is 0. The third-order valence-corrected chi connectivity index (χ3v) is 4.38. The molecule has 122 valence electrons. The maximum atomic E-state index is 13.1. The number of amides is 1. The van der Waals surface area contributed by atoms with Gasteiger partial charge in [0.25, 0.3) is 5.91 Å². The van der Waals surface area contributed by atoms with Crippen molar-refractivity contribution in [3.63, 3.8) is 0 Å². The van der Waals surface area contributed by atoms with Crippen LogP contribution in [0.3, 0.4) is 0 Å². The number of anilines is 1. The first-order valence-electron chi connectivity index (χ1n) is 8.21. The lowest BCUT2D eigenvalue weighted by Gasteiger charge is -2.25. The summed E-state index contributed by atoms with van der Waals surface area (Å²) in [5.74, 6) is -0.0135. The molecule has 1 aliphatic heterocycles. The van der Waals surface area contributed by atoms with E-state index >= 15 is 0 Å². The minimum Gasteiger partial charge on any atom is -0.376 e. The smallest absolute Gasteiger partial charge is 0.259 e. The Morgan fingerprint density at radius 1 is 1.29 bits per heavy atom. The second-order valence-electron chi connectivity index (χ2n) is 6.02. The fourth-order valence-corrected chi connectivity index (χ4v) is 3.15. The first-order chi connectivity index (χ1) is 11.8. The third-order valence-electron chi connectivity index (χ3n) is 4.38. The number of pyridine rings is 2. The van der Waals surface area contributed by atoms with Gasteiger partial charge in [-0.2, -0.15) is 0 Å². The number of hydrogen-bond donors (Lipinski definition) is 0. The van der Waals surface area contributed by atoms with Gasteiger partial charge in [-0.05, 0) is 43.2 Å². The summed E-state index contributed by atoms with van der Waals surface area (Å²) in [5.41, 5.74) is 2.53. The van der Waals surface area contributed by atoms with Crippen LogP contribution in [0.2, 0.25) is 0 Å². The van der Waals surface area contributed by atoms with Crippen LogP contribution in [0.5, 0.6) is 0 Å². The quantitative estimate of drug-likeness (QED) is 0.741. The van der Waals surface area contributed by atoms with E-state index in [-0.39, 0.29) is 12.0 Å². The molecule has 5 nitrogen and oxygen atoms in total. The monoisotopic (exact) mass is 321 g/mol. The molecule has 0 bridgehead atoms. The first-order valence-corrected chi connectivity index (χ1v) is 8.21. The van der Waals surface area contributed by atoms with Gasteiger partial charge in [0.05, 0.1) is 18.2 Å². The van der Waals surface area contributed by atoms with Crippen LogP contribution in [-0.4, -0.2) is 34.5 Å². The number of ether oxygens (including phenoxy) is 1. The van der Waals surface area contributed by atoms with E-state index in [0.29, 0.717) is 12.1 Å². The molecule has 5 heteroatoms. The maximum absolute atomic E-state index is 13.1. The molecule has 0 N–H and O–H groups in total. The maximum Gasteiger partial charge on any atom is 0.259 e. The van der Waals surface area contributed by atoms with Crippen molar-refractivity contribution in [1.29, 1.82) is 0 Å². The molecule has 4 heterocycles. The van der Waals surface area contributed by atoms with E-state index in [2.05, 4.69) is 4.98 Å². The zero-order chi connectivity index (χ0) is 16.4. The molecule has 3 aromatic heterocycles. The molecule has 1 amide bonds. The number of carbonyl (C=O) groups excluding carboxylic acids is 1. The van der Waals surface area contributed by atoms with E-state index in [4.69, 9.17) is 4.74 Å². The molecule has 1 aliphatic rings. The molecule has 0 radical (unpaired) electrons. The van der Waals surface area contributed by atoms with E-state index in [9.17, 15) is 4.79 Å². The molecule has 3 aromatic rings. The standard InChI is InChI=1S/C19H19N3O2/c23-19(15-12-17-4-1-2-10-21(17)13-15)22(14-18-5-3-11-24-18)16-6-8-20-9-7-16/h1-2,4,6-10,12-13,18H,3,5,11,14H2/t18-/m0/s1. The second-order valence-corrected chi connectivity index (χ2v) is 6.02. The van der Waals surface area contributed by atoms with E-state index in [0.717, 1.165) is 30.7 Å². The first kappa shape index (κ1) is 14.9. The Balaban J connectivity index is 1.67. The third kappa shape index (κ3) is 2.90. The summed E-state index contributed by atoms with van der Waals surface area (Å²) in [4.78, 5) is 19.0. The zero-order valence-corrected chi connectivity index (χ0v) is 13.3. The average Bonchev–Trinajstić information content (AvgIpc) is 3.29. The van der Waals surface area contributed by atoms with Crippen LogP contribution >= 0.6 is 0 Å². The number of nitrogens with zero attached hydrogens (tertiary/aromatic N) is 3. The topological polar surface area (TPSA) is 46.8 Å². The highest BCUT2D eigenvalue weighted by atomic mass is 16.5. The van der Waals surface area contributed by atoms with Crippen LogP contribution in [0.1, 0.15) is 23.2 Å². The molecule has 0 spiro atoms. The molecule has 1 saturated heterocycles. The van der Waals surface area contributed by atoms with Crippen molar-refractivity contribution in [3.8, 4) is 0 Å². The molecule has 0 unspecified atom stereocenters. The summed E-state index contributed by atoms with van der Waals surface area (Å²) >= 11 is 0. The van der Waals surface area contributed by atoms with Crippen molar-refractivity contribution in [1.82, 2.24) is 9.38 Å². The van der Waals surface area contributed by atoms with Crippen LogP contribution < -0.4 is 4.90 Å². The molecule has 1 fully saturated rings. The van der Waals surface area contributed by atoms with Gasteiger partial charge in [0.1, 0.15) is 0 Å². The molecule has 0 aliphatic carbocycles. The van der Waals surface area contributed by atoms with Gasteiger partial charge in [0.15, 0.2) is 0 Å². The minimum absolute atomic E-state index is 0.0135. The zero-order valence-electron chi connectivity index (χ0n) is 13.3. The summed E-state index contributed by atoms with van der Waals surface area (Å²) < 4.78 is 7.70. The highest BCUT2D eigenvalue weighted by Crippen LogP contribution is 2.22. The Kier molecular flexibility index (Phi) is 4.01. The van der Waals surface area contributed by atoms with Crippen LogP contribution in [-0.2, 0) is 4.74 Å². The molecular weight excluding hydrogens is 302 g/mol. The van der Waals surface area contributed by atoms with Crippen molar-refractivity contribution in [2.24, 2.45) is 0 Å². The van der Waals surface area contributed by atoms with Gasteiger partial charge in [0, 0.05) is 42.6 Å². The highest BCUT2D eigenvalue weighted by molar-refractivity contribution is 6.06. The Bertz CT molecular complexity index is 805. The van der Waals surface area contributed by atoms with Gasteiger partial charge in [-0.3, -0.25) is 9.78 Å². The van der Waals surface area contributed by atoms with Crippen molar-refractivity contribution in [2.45, 2.75) is 18.9 Å². The van der Waals surface area contributed by atoms with Gasteiger partial charge < -0.3 is 14.0 Å². The van der Waals surface area contributed by atoms with Crippen molar-refractivity contribution < 1.29 is 9.53 Å². The Morgan fingerprint density at radius 2 is 2.17 bits per heavy atom. The van der Waals surface area contributed by atoms with Crippen molar-refractivity contribution in [2.75, 3.05) is 18.1 Å².